The van der Waals surface area contributed by atoms with Crippen molar-refractivity contribution in [1.82, 2.24) is 18.9 Å². The highest BCUT2D eigenvalue weighted by Crippen LogP contribution is 2.32. The number of aromatic hydroxyl groups is 1. The van der Waals surface area contributed by atoms with Crippen LogP contribution in [0.15, 0.2) is 80.8 Å². The second kappa shape index (κ2) is 9.71. The second-order valence-corrected chi connectivity index (χ2v) is 8.97. The van der Waals surface area contributed by atoms with Crippen molar-refractivity contribution in [2.45, 2.75) is 13.8 Å². The molecule has 0 aliphatic heterocycles. The molecule has 0 aliphatic rings. The number of nitrogens with one attached hydrogen (secondary N) is 1. The molecule has 0 bridgehead atoms. The molecule has 3 aromatic heterocycles. The minimum Gasteiger partial charge on any atom is -0.502 e. The van der Waals surface area contributed by atoms with Crippen LogP contribution in [0.2, 0.25) is 0 Å². The maximum atomic E-state index is 13.4. The Morgan fingerprint density at radius 1 is 0.846 bits per heavy atom. The van der Waals surface area contributed by atoms with Crippen molar-refractivity contribution in [2.24, 2.45) is 7.05 Å². The van der Waals surface area contributed by atoms with Crippen LogP contribution in [-0.2, 0) is 7.05 Å². The molecule has 0 spiro atoms. The number of fused-ring (bicyclic) bond motifs is 1. The van der Waals surface area contributed by atoms with E-state index < -0.39 is 11.4 Å². The number of rotatable bonds is 4. The zero-order valence-electron chi connectivity index (χ0n) is 21.4. The summed E-state index contributed by atoms with van der Waals surface area (Å²) in [5.41, 5.74) is 4.20. The number of hydrogen-bond donors (Lipinski definition) is 2. The molecule has 0 unspecified atom stereocenters. The molecule has 39 heavy (non-hydrogen) atoms. The number of nitrogens with zero attached hydrogens (tertiary/aromatic N) is 4. The van der Waals surface area contributed by atoms with E-state index in [-0.39, 0.29) is 33.5 Å². The molecule has 0 atom stereocenters. The van der Waals surface area contributed by atoms with Crippen LogP contribution >= 0.6 is 0 Å². The van der Waals surface area contributed by atoms with Gasteiger partial charge >= 0.3 is 0 Å². The first kappa shape index (κ1) is 25.1. The van der Waals surface area contributed by atoms with Crippen molar-refractivity contribution in [3.05, 3.63) is 131 Å². The van der Waals surface area contributed by atoms with Gasteiger partial charge in [0.05, 0.1) is 28.9 Å². The molecule has 2 aromatic carbocycles. The van der Waals surface area contributed by atoms with Crippen LogP contribution in [-0.4, -0.2) is 24.0 Å². The molecule has 5 rings (SSSR count). The molecule has 0 radical (unpaired) electrons. The van der Waals surface area contributed by atoms with Gasteiger partial charge < -0.3 is 5.11 Å². The van der Waals surface area contributed by atoms with Gasteiger partial charge in [-0.1, -0.05) is 36.4 Å². The fourth-order valence-electron chi connectivity index (χ4n) is 4.62. The van der Waals surface area contributed by atoms with E-state index >= 15 is 0 Å². The van der Waals surface area contributed by atoms with E-state index in [1.165, 1.54) is 21.4 Å². The van der Waals surface area contributed by atoms with Crippen LogP contribution in [0.3, 0.4) is 0 Å². The average molecular weight is 518 g/mol. The first-order valence-corrected chi connectivity index (χ1v) is 12.0. The maximum absolute atomic E-state index is 13.4. The standard InChI is InChI=1S/C30H23N5O4/c1-18-22(27(36)33(4)26-24(18)29(38)35(32-26)21-14-9-6-10-15-21)16-11-17-23-19(2)25(31-3)30(39)34(28(23)37)20-12-7-5-8-13-20/h5-10,12-17,32,39H,1-2,4H3. The number of H-pyrrole nitrogens is 1. The van der Waals surface area contributed by atoms with Gasteiger partial charge in [-0.3, -0.25) is 28.6 Å². The van der Waals surface area contributed by atoms with E-state index in [9.17, 15) is 19.5 Å². The molecular formula is C30H23N5O4. The molecule has 192 valence electrons. The molecular weight excluding hydrogens is 494 g/mol. The van der Waals surface area contributed by atoms with Gasteiger partial charge in [0.1, 0.15) is 5.65 Å². The Hall–Kier alpha value is -5.58. The average Bonchev–Trinajstić information content (AvgIpc) is 3.29. The molecule has 9 nitrogen and oxygen atoms in total. The molecule has 0 amide bonds. The summed E-state index contributed by atoms with van der Waals surface area (Å²) in [6, 6.07) is 17.6. The molecule has 3 heterocycles. The van der Waals surface area contributed by atoms with E-state index in [1.54, 1.807) is 63.4 Å². The van der Waals surface area contributed by atoms with Gasteiger partial charge in [-0.25, -0.2) is 9.53 Å². The summed E-state index contributed by atoms with van der Waals surface area (Å²) in [7, 11) is 1.57. The summed E-state index contributed by atoms with van der Waals surface area (Å²) >= 11 is 0. The highest BCUT2D eigenvalue weighted by atomic mass is 16.3. The van der Waals surface area contributed by atoms with Gasteiger partial charge in [0.25, 0.3) is 16.7 Å². The monoisotopic (exact) mass is 517 g/mol. The summed E-state index contributed by atoms with van der Waals surface area (Å²) in [4.78, 5) is 43.3. The van der Waals surface area contributed by atoms with Crippen molar-refractivity contribution >= 4 is 28.9 Å². The lowest BCUT2D eigenvalue weighted by Crippen LogP contribution is -2.22. The van der Waals surface area contributed by atoms with Crippen molar-refractivity contribution in [3.8, 4) is 17.3 Å². The van der Waals surface area contributed by atoms with E-state index in [0.29, 0.717) is 28.0 Å². The van der Waals surface area contributed by atoms with Gasteiger partial charge in [0.15, 0.2) is 0 Å². The number of aromatic amines is 1. The predicted octanol–water partition coefficient (Wildman–Crippen LogP) is 4.37. The third-order valence-electron chi connectivity index (χ3n) is 6.73. The summed E-state index contributed by atoms with van der Waals surface area (Å²) in [6.45, 7) is 10.8. The molecule has 0 aliphatic carbocycles. The number of benzene rings is 2. The van der Waals surface area contributed by atoms with Gasteiger partial charge in [0, 0.05) is 12.6 Å². The van der Waals surface area contributed by atoms with Crippen molar-refractivity contribution in [2.75, 3.05) is 0 Å². The normalized spacial score (nSPS) is 10.7. The van der Waals surface area contributed by atoms with Crippen LogP contribution < -0.4 is 16.7 Å². The number of para-hydroxylation sites is 2. The molecule has 2 N–H and O–H groups in total. The summed E-state index contributed by atoms with van der Waals surface area (Å²) in [6.07, 6.45) is 2.81. The lowest BCUT2D eigenvalue weighted by molar-refractivity contribution is 0.438. The smallest absolute Gasteiger partial charge is 0.281 e. The van der Waals surface area contributed by atoms with Gasteiger partial charge in [0.2, 0.25) is 11.6 Å². The van der Waals surface area contributed by atoms with Crippen LogP contribution in [0.25, 0.3) is 39.4 Å². The van der Waals surface area contributed by atoms with Crippen LogP contribution in [0.4, 0.5) is 5.69 Å². The highest BCUT2D eigenvalue weighted by Gasteiger charge is 2.20. The van der Waals surface area contributed by atoms with Crippen LogP contribution in [0.5, 0.6) is 5.88 Å². The minimum atomic E-state index is -0.541. The fourth-order valence-corrected chi connectivity index (χ4v) is 4.62. The Bertz CT molecular complexity index is 2050. The first-order chi connectivity index (χ1) is 18.8. The number of pyridine rings is 2. The lowest BCUT2D eigenvalue weighted by Gasteiger charge is -2.13. The number of aromatic nitrogens is 4. The van der Waals surface area contributed by atoms with Gasteiger partial charge in [-0.05, 0) is 61.4 Å². The molecule has 0 fully saturated rings. The Kier molecular flexibility index (Phi) is 6.24. The third kappa shape index (κ3) is 4.02. The summed E-state index contributed by atoms with van der Waals surface area (Å²) < 4.78 is 3.82. The fraction of sp³-hybridized carbons (Fsp3) is 0.100. The topological polar surface area (TPSA) is 106 Å². The van der Waals surface area contributed by atoms with Gasteiger partial charge in [-0.15, -0.1) is 5.73 Å². The van der Waals surface area contributed by atoms with E-state index in [0.717, 1.165) is 4.57 Å². The van der Waals surface area contributed by atoms with Crippen molar-refractivity contribution in [1.29, 1.82) is 0 Å². The molecule has 0 saturated carbocycles. The van der Waals surface area contributed by atoms with Crippen LogP contribution in [0, 0.1) is 20.4 Å². The number of hydrogen-bond acceptors (Lipinski definition) is 4. The minimum absolute atomic E-state index is 0.0613. The zero-order valence-corrected chi connectivity index (χ0v) is 21.4. The SMILES string of the molecule is [C-]#[N+]c1c(C)c(C=C=Cc2c(C)c3c(=O)n(-c4ccccc4)[nH]c3n(C)c2=O)c(=O)n(-c2ccccc2)c1O. The predicted molar refractivity (Wildman–Crippen MR) is 151 cm³/mol. The largest absolute Gasteiger partial charge is 0.502 e. The molecule has 5 aromatic rings. The van der Waals surface area contributed by atoms with Gasteiger partial charge in [-0.2, -0.15) is 0 Å². The highest BCUT2D eigenvalue weighted by molar-refractivity contribution is 5.83. The molecule has 9 heteroatoms. The Morgan fingerprint density at radius 3 is 2.00 bits per heavy atom. The Balaban J connectivity index is 1.70. The van der Waals surface area contributed by atoms with E-state index in [2.05, 4.69) is 15.7 Å². The zero-order chi connectivity index (χ0) is 27.8. The quantitative estimate of drug-likeness (QED) is 0.273. The summed E-state index contributed by atoms with van der Waals surface area (Å²) in [5, 5.41) is 14.1. The summed E-state index contributed by atoms with van der Waals surface area (Å²) in [5.74, 6) is -0.447. The van der Waals surface area contributed by atoms with Crippen molar-refractivity contribution < 1.29 is 5.11 Å². The van der Waals surface area contributed by atoms with Crippen molar-refractivity contribution in [3.63, 3.8) is 0 Å². The third-order valence-corrected chi connectivity index (χ3v) is 6.73. The van der Waals surface area contributed by atoms with Crippen LogP contribution in [0.1, 0.15) is 22.3 Å². The second-order valence-electron chi connectivity index (χ2n) is 8.97. The Morgan fingerprint density at radius 2 is 1.41 bits per heavy atom. The van der Waals surface area contributed by atoms with E-state index in [1.807, 2.05) is 18.2 Å². The van der Waals surface area contributed by atoms with E-state index in [4.69, 9.17) is 6.57 Å². The maximum Gasteiger partial charge on any atom is 0.281 e. The lowest BCUT2D eigenvalue weighted by atomic mass is 10.1. The Labute approximate surface area is 222 Å². The molecule has 0 saturated heterocycles. The number of aryl methyl sites for hydroxylation is 2. The first-order valence-electron chi connectivity index (χ1n) is 12.0.